The number of amides is 2. The summed E-state index contributed by atoms with van der Waals surface area (Å²) in [5.41, 5.74) is 1.16. The third-order valence-corrected chi connectivity index (χ3v) is 4.33. The number of hydrogen-bond donors (Lipinski definition) is 1. The highest BCUT2D eigenvalue weighted by Gasteiger charge is 2.39. The Morgan fingerprint density at radius 3 is 2.70 bits per heavy atom. The van der Waals surface area contributed by atoms with Gasteiger partial charge < -0.3 is 14.6 Å². The van der Waals surface area contributed by atoms with Gasteiger partial charge in [0.05, 0.1) is 12.1 Å². The molecular formula is C16H16ClN3O3. The molecule has 2 aromatic rings. The van der Waals surface area contributed by atoms with Crippen molar-refractivity contribution in [1.29, 1.82) is 0 Å². The van der Waals surface area contributed by atoms with Gasteiger partial charge in [-0.05, 0) is 24.6 Å². The molecule has 0 saturated carbocycles. The SMILES string of the molecule is Cc1ocnc1C(=O)N[C@H]1CC(=O)N(C)[C@@H]1c1ccc(Cl)cc1. The average Bonchev–Trinajstić information content (AvgIpc) is 3.05. The quantitative estimate of drug-likeness (QED) is 0.935. The number of aromatic nitrogens is 1. The van der Waals surface area contributed by atoms with E-state index in [1.165, 1.54) is 6.39 Å². The van der Waals surface area contributed by atoms with Crippen molar-refractivity contribution in [3.05, 3.63) is 52.7 Å². The van der Waals surface area contributed by atoms with Crippen molar-refractivity contribution in [1.82, 2.24) is 15.2 Å². The summed E-state index contributed by atoms with van der Waals surface area (Å²) in [6.07, 6.45) is 1.47. The lowest BCUT2D eigenvalue weighted by molar-refractivity contribution is -0.127. The van der Waals surface area contributed by atoms with Crippen molar-refractivity contribution in [3.8, 4) is 0 Å². The molecule has 1 aliphatic heterocycles. The first-order chi connectivity index (χ1) is 11.0. The number of nitrogens with zero attached hydrogens (tertiary/aromatic N) is 2. The van der Waals surface area contributed by atoms with Crippen LogP contribution in [0.3, 0.4) is 0 Å². The molecule has 7 heteroatoms. The van der Waals surface area contributed by atoms with Crippen LogP contribution in [0.2, 0.25) is 5.02 Å². The molecule has 23 heavy (non-hydrogen) atoms. The van der Waals surface area contributed by atoms with Crippen molar-refractivity contribution in [2.45, 2.75) is 25.4 Å². The number of likely N-dealkylation sites (tertiary alicyclic amines) is 1. The summed E-state index contributed by atoms with van der Waals surface area (Å²) in [5.74, 6) is 0.0821. The first-order valence-electron chi connectivity index (χ1n) is 7.19. The van der Waals surface area contributed by atoms with E-state index in [9.17, 15) is 9.59 Å². The normalized spacial score (nSPS) is 20.8. The maximum Gasteiger partial charge on any atom is 0.273 e. The van der Waals surface area contributed by atoms with Crippen LogP contribution in [0.1, 0.15) is 34.3 Å². The van der Waals surface area contributed by atoms with E-state index in [1.807, 2.05) is 12.1 Å². The molecule has 1 aromatic carbocycles. The molecule has 6 nitrogen and oxygen atoms in total. The molecule has 120 valence electrons. The smallest absolute Gasteiger partial charge is 0.273 e. The molecule has 1 N–H and O–H groups in total. The molecule has 0 bridgehead atoms. The Hall–Kier alpha value is -2.34. The summed E-state index contributed by atoms with van der Waals surface area (Å²) < 4.78 is 5.05. The van der Waals surface area contributed by atoms with Gasteiger partial charge in [0.15, 0.2) is 12.1 Å². The van der Waals surface area contributed by atoms with Crippen LogP contribution in [0.25, 0.3) is 0 Å². The van der Waals surface area contributed by atoms with Crippen molar-refractivity contribution >= 4 is 23.4 Å². The first-order valence-corrected chi connectivity index (χ1v) is 7.57. The number of likely N-dealkylation sites (N-methyl/N-ethyl adjacent to an activating group) is 1. The standard InChI is InChI=1S/C16H16ClN3O3/c1-9-14(18-8-23-9)16(22)19-12-7-13(21)20(2)15(12)10-3-5-11(17)6-4-10/h3-6,8,12,15H,7H2,1-2H3,(H,19,22)/t12-,15+/m0/s1. The zero-order valence-electron chi connectivity index (χ0n) is 12.7. The Labute approximate surface area is 138 Å². The fourth-order valence-electron chi connectivity index (χ4n) is 2.87. The Balaban J connectivity index is 1.85. The fourth-order valence-corrected chi connectivity index (χ4v) is 3.00. The predicted molar refractivity (Wildman–Crippen MR) is 84.1 cm³/mol. The molecule has 1 fully saturated rings. The fraction of sp³-hybridized carbons (Fsp3) is 0.312. The van der Waals surface area contributed by atoms with Gasteiger partial charge in [0, 0.05) is 18.5 Å². The summed E-state index contributed by atoms with van der Waals surface area (Å²) in [4.78, 5) is 30.0. The summed E-state index contributed by atoms with van der Waals surface area (Å²) in [7, 11) is 1.73. The third kappa shape index (κ3) is 2.94. The Morgan fingerprint density at radius 2 is 2.09 bits per heavy atom. The van der Waals surface area contributed by atoms with Crippen molar-refractivity contribution in [2.24, 2.45) is 0 Å². The van der Waals surface area contributed by atoms with Gasteiger partial charge in [-0.15, -0.1) is 0 Å². The summed E-state index contributed by atoms with van der Waals surface area (Å²) in [5, 5.41) is 3.51. The molecule has 2 atom stereocenters. The Bertz CT molecular complexity index is 741. The van der Waals surface area contributed by atoms with Crippen LogP contribution in [-0.4, -0.2) is 34.8 Å². The monoisotopic (exact) mass is 333 g/mol. The number of hydrogen-bond acceptors (Lipinski definition) is 4. The van der Waals surface area contributed by atoms with E-state index in [0.717, 1.165) is 5.56 Å². The average molecular weight is 334 g/mol. The molecule has 1 aromatic heterocycles. The lowest BCUT2D eigenvalue weighted by Crippen LogP contribution is -2.39. The zero-order chi connectivity index (χ0) is 16.6. The highest BCUT2D eigenvalue weighted by molar-refractivity contribution is 6.30. The lowest BCUT2D eigenvalue weighted by Gasteiger charge is -2.25. The van der Waals surface area contributed by atoms with E-state index in [2.05, 4.69) is 10.3 Å². The van der Waals surface area contributed by atoms with Crippen LogP contribution in [-0.2, 0) is 4.79 Å². The van der Waals surface area contributed by atoms with Gasteiger partial charge in [0.1, 0.15) is 5.76 Å². The molecular weight excluding hydrogens is 318 g/mol. The number of rotatable bonds is 3. The van der Waals surface area contributed by atoms with Gasteiger partial charge in [-0.2, -0.15) is 0 Å². The number of carbonyl (C=O) groups excluding carboxylic acids is 2. The molecule has 0 unspecified atom stereocenters. The van der Waals surface area contributed by atoms with Crippen molar-refractivity contribution in [3.63, 3.8) is 0 Å². The van der Waals surface area contributed by atoms with E-state index < -0.39 is 0 Å². The predicted octanol–water partition coefficient (Wildman–Crippen LogP) is 2.34. The zero-order valence-corrected chi connectivity index (χ0v) is 13.5. The van der Waals surface area contributed by atoms with Crippen molar-refractivity contribution < 1.29 is 14.0 Å². The second kappa shape index (κ2) is 6.04. The van der Waals surface area contributed by atoms with E-state index in [4.69, 9.17) is 16.0 Å². The van der Waals surface area contributed by atoms with Gasteiger partial charge >= 0.3 is 0 Å². The van der Waals surface area contributed by atoms with Crippen LogP contribution >= 0.6 is 11.6 Å². The van der Waals surface area contributed by atoms with Gasteiger partial charge in [-0.3, -0.25) is 9.59 Å². The highest BCUT2D eigenvalue weighted by atomic mass is 35.5. The minimum absolute atomic E-state index is 0.0212. The number of oxazole rings is 1. The van der Waals surface area contributed by atoms with E-state index >= 15 is 0 Å². The molecule has 1 saturated heterocycles. The first kappa shape index (κ1) is 15.6. The Kier molecular flexibility index (Phi) is 4.09. The van der Waals surface area contributed by atoms with Gasteiger partial charge in [0.25, 0.3) is 5.91 Å². The van der Waals surface area contributed by atoms with Crippen LogP contribution in [0, 0.1) is 6.92 Å². The van der Waals surface area contributed by atoms with Gasteiger partial charge in [0.2, 0.25) is 5.91 Å². The summed E-state index contributed by atoms with van der Waals surface area (Å²) >= 11 is 5.92. The van der Waals surface area contributed by atoms with Crippen LogP contribution in [0.5, 0.6) is 0 Å². The van der Waals surface area contributed by atoms with Crippen LogP contribution in [0.4, 0.5) is 0 Å². The number of halogens is 1. The van der Waals surface area contributed by atoms with E-state index in [1.54, 1.807) is 31.0 Å². The second-order valence-corrected chi connectivity index (χ2v) is 5.98. The molecule has 0 aliphatic carbocycles. The van der Waals surface area contributed by atoms with Crippen LogP contribution in [0.15, 0.2) is 35.1 Å². The maximum atomic E-state index is 12.3. The molecule has 2 amide bonds. The Morgan fingerprint density at radius 1 is 1.39 bits per heavy atom. The summed E-state index contributed by atoms with van der Waals surface area (Å²) in [6.45, 7) is 1.67. The number of aryl methyl sites for hydroxylation is 1. The highest BCUT2D eigenvalue weighted by Crippen LogP contribution is 2.32. The second-order valence-electron chi connectivity index (χ2n) is 5.54. The van der Waals surface area contributed by atoms with Gasteiger partial charge in [-0.25, -0.2) is 4.98 Å². The lowest BCUT2D eigenvalue weighted by atomic mass is 10.00. The number of nitrogens with one attached hydrogen (secondary N) is 1. The molecule has 2 heterocycles. The molecule has 3 rings (SSSR count). The third-order valence-electron chi connectivity index (χ3n) is 4.07. The molecule has 1 aliphatic rings. The molecule has 0 spiro atoms. The maximum absolute atomic E-state index is 12.3. The van der Waals surface area contributed by atoms with Gasteiger partial charge in [-0.1, -0.05) is 23.7 Å². The minimum atomic E-state index is -0.344. The largest absolute Gasteiger partial charge is 0.448 e. The summed E-state index contributed by atoms with van der Waals surface area (Å²) in [6, 6.07) is 6.70. The minimum Gasteiger partial charge on any atom is -0.448 e. The number of carbonyl (C=O) groups is 2. The van der Waals surface area contributed by atoms with Crippen molar-refractivity contribution in [2.75, 3.05) is 7.05 Å². The van der Waals surface area contributed by atoms with E-state index in [-0.39, 0.29) is 36.0 Å². The van der Waals surface area contributed by atoms with Crippen LogP contribution < -0.4 is 5.32 Å². The molecule has 0 radical (unpaired) electrons. The topological polar surface area (TPSA) is 75.4 Å². The number of benzene rings is 1. The van der Waals surface area contributed by atoms with E-state index in [0.29, 0.717) is 10.8 Å².